The van der Waals surface area contributed by atoms with E-state index in [-0.39, 0.29) is 5.54 Å². The van der Waals surface area contributed by atoms with Crippen molar-refractivity contribution in [1.82, 2.24) is 4.90 Å². The summed E-state index contributed by atoms with van der Waals surface area (Å²) in [4.78, 5) is 6.70. The van der Waals surface area contributed by atoms with Crippen LogP contribution < -0.4 is 5.73 Å². The van der Waals surface area contributed by atoms with E-state index in [9.17, 15) is 0 Å². The van der Waals surface area contributed by atoms with E-state index in [1.807, 2.05) is 0 Å². The van der Waals surface area contributed by atoms with Gasteiger partial charge in [0, 0.05) is 6.54 Å². The Morgan fingerprint density at radius 1 is 1.31 bits per heavy atom. The average Bonchev–Trinajstić information content (AvgIpc) is 2.80. The predicted octanol–water partition coefficient (Wildman–Crippen LogP) is 1.17. The lowest BCUT2D eigenvalue weighted by Gasteiger charge is -2.35. The first-order chi connectivity index (χ1) is 7.75. The van der Waals surface area contributed by atoms with E-state index in [1.54, 1.807) is 0 Å². The molecule has 84 valence electrons. The molecule has 0 atom stereocenters. The summed E-state index contributed by atoms with van der Waals surface area (Å²) >= 11 is 0. The number of rotatable bonds is 1. The third-order valence-corrected chi connectivity index (χ3v) is 3.86. The van der Waals surface area contributed by atoms with Gasteiger partial charge in [0.05, 0.1) is 12.1 Å². The van der Waals surface area contributed by atoms with Crippen LogP contribution in [0, 0.1) is 0 Å². The molecule has 1 spiro atoms. The van der Waals surface area contributed by atoms with Crippen molar-refractivity contribution in [2.24, 2.45) is 10.7 Å². The van der Waals surface area contributed by atoms with Crippen LogP contribution in [-0.2, 0) is 12.8 Å². The van der Waals surface area contributed by atoms with Gasteiger partial charge in [-0.25, -0.2) is 0 Å². The third kappa shape index (κ3) is 1.17. The standard InChI is InChI=1S/C13H17N3/c1-2-16-12(14)15-9-13(16)7-10-5-3-4-6-11(10)8-13/h3-6H,2,7-9H2,1H3,(H2,14,15). The van der Waals surface area contributed by atoms with Gasteiger partial charge in [0.2, 0.25) is 0 Å². The van der Waals surface area contributed by atoms with Crippen LogP contribution in [0.3, 0.4) is 0 Å². The Bertz CT molecular complexity index is 425. The number of fused-ring (bicyclic) bond motifs is 1. The summed E-state index contributed by atoms with van der Waals surface area (Å²) in [5.41, 5.74) is 9.02. The van der Waals surface area contributed by atoms with Crippen molar-refractivity contribution in [1.29, 1.82) is 0 Å². The van der Waals surface area contributed by atoms with Gasteiger partial charge in [-0.15, -0.1) is 0 Å². The molecule has 3 nitrogen and oxygen atoms in total. The van der Waals surface area contributed by atoms with Crippen molar-refractivity contribution in [3.8, 4) is 0 Å². The molecule has 0 amide bonds. The quantitative estimate of drug-likeness (QED) is 0.764. The van der Waals surface area contributed by atoms with Gasteiger partial charge in [-0.3, -0.25) is 4.99 Å². The molecule has 0 fully saturated rings. The minimum atomic E-state index is 0.141. The molecule has 0 saturated heterocycles. The molecule has 3 rings (SSSR count). The van der Waals surface area contributed by atoms with E-state index < -0.39 is 0 Å². The molecule has 1 aromatic carbocycles. The second-order valence-corrected chi connectivity index (χ2v) is 4.77. The van der Waals surface area contributed by atoms with Gasteiger partial charge in [0.1, 0.15) is 0 Å². The lowest BCUT2D eigenvalue weighted by molar-refractivity contribution is 0.219. The van der Waals surface area contributed by atoms with Crippen LogP contribution >= 0.6 is 0 Å². The maximum absolute atomic E-state index is 5.95. The minimum absolute atomic E-state index is 0.141. The summed E-state index contributed by atoms with van der Waals surface area (Å²) in [6.45, 7) is 3.95. The van der Waals surface area contributed by atoms with Crippen LogP contribution in [0.5, 0.6) is 0 Å². The largest absolute Gasteiger partial charge is 0.370 e. The van der Waals surface area contributed by atoms with Crippen LogP contribution in [0.25, 0.3) is 0 Å². The fourth-order valence-corrected chi connectivity index (χ4v) is 3.12. The second-order valence-electron chi connectivity index (χ2n) is 4.77. The average molecular weight is 215 g/mol. The third-order valence-electron chi connectivity index (χ3n) is 3.86. The molecule has 1 aliphatic heterocycles. The van der Waals surface area contributed by atoms with Crippen molar-refractivity contribution >= 4 is 5.96 Å². The summed E-state index contributed by atoms with van der Waals surface area (Å²) < 4.78 is 0. The zero-order valence-corrected chi connectivity index (χ0v) is 9.61. The van der Waals surface area contributed by atoms with Crippen LogP contribution in [0.2, 0.25) is 0 Å². The molecular formula is C13H17N3. The highest BCUT2D eigenvalue weighted by Crippen LogP contribution is 2.37. The number of nitrogens with zero attached hydrogens (tertiary/aromatic N) is 2. The molecule has 2 N–H and O–H groups in total. The van der Waals surface area contributed by atoms with Gasteiger partial charge in [-0.05, 0) is 30.9 Å². The molecule has 0 radical (unpaired) electrons. The summed E-state index contributed by atoms with van der Waals surface area (Å²) in [6, 6.07) is 8.69. The fraction of sp³-hybridized carbons (Fsp3) is 0.462. The Morgan fingerprint density at radius 2 is 1.94 bits per heavy atom. The highest BCUT2D eigenvalue weighted by molar-refractivity contribution is 5.81. The number of hydrogen-bond donors (Lipinski definition) is 1. The van der Waals surface area contributed by atoms with E-state index in [1.165, 1.54) is 11.1 Å². The van der Waals surface area contributed by atoms with E-state index in [4.69, 9.17) is 5.73 Å². The van der Waals surface area contributed by atoms with E-state index in [0.29, 0.717) is 0 Å². The zero-order valence-electron chi connectivity index (χ0n) is 9.61. The minimum Gasteiger partial charge on any atom is -0.370 e. The predicted molar refractivity (Wildman–Crippen MR) is 65.5 cm³/mol. The lowest BCUT2D eigenvalue weighted by atomic mass is 9.95. The summed E-state index contributed by atoms with van der Waals surface area (Å²) in [6.07, 6.45) is 2.17. The fourth-order valence-electron chi connectivity index (χ4n) is 3.12. The molecule has 0 unspecified atom stereocenters. The molecule has 2 aliphatic rings. The number of hydrogen-bond acceptors (Lipinski definition) is 3. The monoisotopic (exact) mass is 215 g/mol. The smallest absolute Gasteiger partial charge is 0.191 e. The Balaban J connectivity index is 1.95. The Kier molecular flexibility index (Phi) is 1.96. The first kappa shape index (κ1) is 9.70. The first-order valence-corrected chi connectivity index (χ1v) is 5.89. The SMILES string of the molecule is CCN1C(N)=NCC12Cc1ccccc1C2. The Hall–Kier alpha value is -1.51. The van der Waals surface area contributed by atoms with Crippen molar-refractivity contribution in [2.45, 2.75) is 25.3 Å². The van der Waals surface area contributed by atoms with Gasteiger partial charge in [-0.1, -0.05) is 24.3 Å². The van der Waals surface area contributed by atoms with Crippen LogP contribution in [0.15, 0.2) is 29.3 Å². The second kappa shape index (κ2) is 3.24. The highest BCUT2D eigenvalue weighted by atomic mass is 15.4. The molecular weight excluding hydrogens is 198 g/mol. The normalized spacial score (nSPS) is 21.3. The Labute approximate surface area is 96.0 Å². The van der Waals surface area contributed by atoms with Crippen LogP contribution in [0.1, 0.15) is 18.1 Å². The number of benzene rings is 1. The number of aliphatic imine (C=N–C) groups is 1. The summed E-state index contributed by atoms with van der Waals surface area (Å²) in [5.74, 6) is 0.718. The van der Waals surface area contributed by atoms with Gasteiger partial charge in [0.15, 0.2) is 5.96 Å². The van der Waals surface area contributed by atoms with Gasteiger partial charge >= 0.3 is 0 Å². The van der Waals surface area contributed by atoms with E-state index in [0.717, 1.165) is 31.9 Å². The topological polar surface area (TPSA) is 41.6 Å². The number of guanidine groups is 1. The highest BCUT2D eigenvalue weighted by Gasteiger charge is 2.45. The number of likely N-dealkylation sites (N-methyl/N-ethyl adjacent to an activating group) is 1. The molecule has 0 aromatic heterocycles. The van der Waals surface area contributed by atoms with Crippen molar-refractivity contribution in [3.05, 3.63) is 35.4 Å². The molecule has 0 saturated carbocycles. The van der Waals surface area contributed by atoms with Crippen LogP contribution in [-0.4, -0.2) is 29.5 Å². The van der Waals surface area contributed by atoms with Crippen molar-refractivity contribution in [3.63, 3.8) is 0 Å². The Morgan fingerprint density at radius 3 is 2.50 bits per heavy atom. The molecule has 16 heavy (non-hydrogen) atoms. The molecule has 1 aliphatic carbocycles. The van der Waals surface area contributed by atoms with Crippen molar-refractivity contribution in [2.75, 3.05) is 13.1 Å². The van der Waals surface area contributed by atoms with Crippen LogP contribution in [0.4, 0.5) is 0 Å². The lowest BCUT2D eigenvalue weighted by Crippen LogP contribution is -2.52. The van der Waals surface area contributed by atoms with Gasteiger partial charge in [0.25, 0.3) is 0 Å². The van der Waals surface area contributed by atoms with Crippen molar-refractivity contribution < 1.29 is 0 Å². The van der Waals surface area contributed by atoms with Gasteiger partial charge in [-0.2, -0.15) is 0 Å². The molecule has 0 bridgehead atoms. The molecule has 1 heterocycles. The maximum atomic E-state index is 5.95. The van der Waals surface area contributed by atoms with Gasteiger partial charge < -0.3 is 10.6 Å². The summed E-state index contributed by atoms with van der Waals surface area (Å²) in [5, 5.41) is 0. The summed E-state index contributed by atoms with van der Waals surface area (Å²) in [7, 11) is 0. The maximum Gasteiger partial charge on any atom is 0.191 e. The molecule has 3 heteroatoms. The van der Waals surface area contributed by atoms with E-state index >= 15 is 0 Å². The number of nitrogens with two attached hydrogens (primary N) is 1. The molecule has 1 aromatic rings. The van der Waals surface area contributed by atoms with E-state index in [2.05, 4.69) is 41.1 Å². The first-order valence-electron chi connectivity index (χ1n) is 5.89. The zero-order chi connectivity index (χ0) is 11.2.